The van der Waals surface area contributed by atoms with E-state index in [1.165, 1.54) is 29.2 Å². The molecule has 1 amide bonds. The minimum absolute atomic E-state index is 0.0229. The van der Waals surface area contributed by atoms with E-state index in [2.05, 4.69) is 0 Å². The van der Waals surface area contributed by atoms with Crippen LogP contribution in [0.25, 0.3) is 0 Å². The molecule has 0 fully saturated rings. The van der Waals surface area contributed by atoms with Gasteiger partial charge in [0.05, 0.1) is 12.2 Å². The van der Waals surface area contributed by atoms with Crippen LogP contribution in [0.4, 0.5) is 18.9 Å². The third kappa shape index (κ3) is 3.89. The summed E-state index contributed by atoms with van der Waals surface area (Å²) in [5, 5.41) is 10.7. The van der Waals surface area contributed by atoms with Gasteiger partial charge in [0, 0.05) is 13.6 Å². The first kappa shape index (κ1) is 19.9. The van der Waals surface area contributed by atoms with Gasteiger partial charge in [0.1, 0.15) is 12.0 Å². The van der Waals surface area contributed by atoms with E-state index in [0.717, 1.165) is 23.1 Å². The molecule has 0 saturated heterocycles. The number of carbonyl (C=O) groups is 1. The van der Waals surface area contributed by atoms with Gasteiger partial charge in [-0.3, -0.25) is 9.69 Å². The molecule has 7 heteroatoms. The average Bonchev–Trinajstić information content (AvgIpc) is 3.02. The van der Waals surface area contributed by atoms with Crippen LogP contribution in [0.3, 0.4) is 0 Å². The number of rotatable bonds is 4. The lowest BCUT2D eigenvalue weighted by molar-refractivity contribution is -0.122. The zero-order valence-electron chi connectivity index (χ0n) is 16.2. The molecule has 1 heterocycles. The Balaban J connectivity index is 1.46. The molecule has 2 atom stereocenters. The van der Waals surface area contributed by atoms with Crippen LogP contribution in [0.15, 0.2) is 30.3 Å². The lowest BCUT2D eigenvalue weighted by Gasteiger charge is -2.26. The summed E-state index contributed by atoms with van der Waals surface area (Å²) in [5.41, 5.74) is 2.91. The van der Waals surface area contributed by atoms with Crippen LogP contribution < -0.4 is 4.90 Å². The van der Waals surface area contributed by atoms with Gasteiger partial charge in [-0.1, -0.05) is 6.07 Å². The molecular formula is C22H23F3N2O2. The third-order valence-electron chi connectivity index (χ3n) is 6.07. The highest BCUT2D eigenvalue weighted by atomic mass is 19.2. The van der Waals surface area contributed by atoms with Crippen molar-refractivity contribution in [1.29, 1.82) is 0 Å². The molecule has 2 aliphatic rings. The fourth-order valence-corrected chi connectivity index (χ4v) is 4.40. The van der Waals surface area contributed by atoms with E-state index in [1.54, 1.807) is 18.0 Å². The third-order valence-corrected chi connectivity index (χ3v) is 6.07. The van der Waals surface area contributed by atoms with E-state index in [4.69, 9.17) is 0 Å². The molecule has 0 spiro atoms. The van der Waals surface area contributed by atoms with E-state index in [1.807, 2.05) is 0 Å². The van der Waals surface area contributed by atoms with Crippen molar-refractivity contribution in [3.8, 4) is 0 Å². The molecule has 4 rings (SSSR count). The Morgan fingerprint density at radius 2 is 1.86 bits per heavy atom. The first-order valence-corrected chi connectivity index (χ1v) is 9.78. The largest absolute Gasteiger partial charge is 0.378 e. The summed E-state index contributed by atoms with van der Waals surface area (Å²) < 4.78 is 40.7. The number of amides is 1. The van der Waals surface area contributed by atoms with Crippen molar-refractivity contribution in [2.24, 2.45) is 0 Å². The zero-order chi connectivity index (χ0) is 20.7. The number of aryl methyl sites for hydroxylation is 1. The second kappa shape index (κ2) is 7.80. The van der Waals surface area contributed by atoms with Crippen molar-refractivity contribution >= 4 is 11.6 Å². The van der Waals surface area contributed by atoms with Crippen molar-refractivity contribution in [2.45, 2.75) is 44.4 Å². The highest BCUT2D eigenvalue weighted by molar-refractivity contribution is 5.95. The highest BCUT2D eigenvalue weighted by Crippen LogP contribution is 2.38. The Kier molecular flexibility index (Phi) is 5.36. The topological polar surface area (TPSA) is 43.8 Å². The maximum atomic E-state index is 13.6. The Labute approximate surface area is 167 Å². The Morgan fingerprint density at radius 3 is 2.66 bits per heavy atom. The summed E-state index contributed by atoms with van der Waals surface area (Å²) in [4.78, 5) is 15.6. The van der Waals surface area contributed by atoms with E-state index in [9.17, 15) is 23.1 Å². The number of nitrogens with zero attached hydrogens (tertiary/aromatic N) is 2. The van der Waals surface area contributed by atoms with Gasteiger partial charge in [-0.15, -0.1) is 0 Å². The van der Waals surface area contributed by atoms with Crippen LogP contribution >= 0.6 is 0 Å². The molecule has 0 aromatic heterocycles. The molecule has 154 valence electrons. The quantitative estimate of drug-likeness (QED) is 0.845. The Bertz CT molecular complexity index is 950. The molecule has 29 heavy (non-hydrogen) atoms. The second-order valence-corrected chi connectivity index (χ2v) is 7.89. The smallest absolute Gasteiger partial charge is 0.241 e. The SMILES string of the molecule is CN1C(=O)CN(C(O)CCC2CCc3cc(F)c(F)cc32)Cc2ccc(F)cc21. The number of likely N-dealkylation sites (N-methyl/N-ethyl adjacent to an activating group) is 1. The maximum Gasteiger partial charge on any atom is 0.241 e. The van der Waals surface area contributed by atoms with Crippen LogP contribution in [0, 0.1) is 17.5 Å². The molecule has 2 aromatic rings. The Morgan fingerprint density at radius 1 is 1.10 bits per heavy atom. The van der Waals surface area contributed by atoms with E-state index < -0.39 is 23.7 Å². The van der Waals surface area contributed by atoms with E-state index in [0.29, 0.717) is 31.5 Å². The van der Waals surface area contributed by atoms with Crippen molar-refractivity contribution in [1.82, 2.24) is 4.90 Å². The van der Waals surface area contributed by atoms with Gasteiger partial charge in [0.25, 0.3) is 0 Å². The second-order valence-electron chi connectivity index (χ2n) is 7.89. The molecule has 4 nitrogen and oxygen atoms in total. The molecule has 1 N–H and O–H groups in total. The summed E-state index contributed by atoms with van der Waals surface area (Å²) in [6, 6.07) is 6.83. The number of hydrogen-bond acceptors (Lipinski definition) is 3. The first-order chi connectivity index (χ1) is 13.8. The molecule has 2 aromatic carbocycles. The number of carbonyl (C=O) groups excluding carboxylic acids is 1. The number of benzene rings is 2. The first-order valence-electron chi connectivity index (χ1n) is 9.78. The van der Waals surface area contributed by atoms with Gasteiger partial charge in [0.2, 0.25) is 5.91 Å². The van der Waals surface area contributed by atoms with Gasteiger partial charge >= 0.3 is 0 Å². The summed E-state index contributed by atoms with van der Waals surface area (Å²) in [6.07, 6.45) is 1.62. The van der Waals surface area contributed by atoms with E-state index in [-0.39, 0.29) is 18.4 Å². The lowest BCUT2D eigenvalue weighted by Crippen LogP contribution is -2.40. The fraction of sp³-hybridized carbons (Fsp3) is 0.409. The fourth-order valence-electron chi connectivity index (χ4n) is 4.40. The average molecular weight is 404 g/mol. The predicted octanol–water partition coefficient (Wildman–Crippen LogP) is 3.71. The van der Waals surface area contributed by atoms with Crippen molar-refractivity contribution in [3.05, 3.63) is 64.5 Å². The molecule has 1 aliphatic carbocycles. The maximum absolute atomic E-state index is 13.6. The summed E-state index contributed by atoms with van der Waals surface area (Å²) in [5.74, 6) is -2.26. The minimum atomic E-state index is -0.863. The van der Waals surface area contributed by atoms with Gasteiger partial charge in [-0.2, -0.15) is 0 Å². The summed E-state index contributed by atoms with van der Waals surface area (Å²) in [7, 11) is 1.60. The van der Waals surface area contributed by atoms with Gasteiger partial charge in [-0.25, -0.2) is 13.2 Å². The van der Waals surface area contributed by atoms with Crippen molar-refractivity contribution in [2.75, 3.05) is 18.5 Å². The number of aliphatic hydroxyl groups excluding tert-OH is 1. The molecule has 2 unspecified atom stereocenters. The molecule has 1 aliphatic heterocycles. The van der Waals surface area contributed by atoms with Crippen LogP contribution in [0.5, 0.6) is 0 Å². The molecule has 0 radical (unpaired) electrons. The van der Waals surface area contributed by atoms with E-state index >= 15 is 0 Å². The summed E-state index contributed by atoms with van der Waals surface area (Å²) in [6.45, 7) is 0.350. The van der Waals surface area contributed by atoms with Gasteiger partial charge in [0.15, 0.2) is 11.6 Å². The molecular weight excluding hydrogens is 381 g/mol. The molecule has 0 saturated carbocycles. The number of halogens is 3. The van der Waals surface area contributed by atoms with Crippen molar-refractivity contribution < 1.29 is 23.1 Å². The molecule has 0 bridgehead atoms. The van der Waals surface area contributed by atoms with Crippen LogP contribution in [-0.4, -0.2) is 35.7 Å². The van der Waals surface area contributed by atoms with Gasteiger partial charge < -0.3 is 10.0 Å². The highest BCUT2D eigenvalue weighted by Gasteiger charge is 2.30. The van der Waals surface area contributed by atoms with Crippen LogP contribution in [0.1, 0.15) is 41.9 Å². The number of hydrogen-bond donors (Lipinski definition) is 1. The number of aliphatic hydroxyl groups is 1. The van der Waals surface area contributed by atoms with Gasteiger partial charge in [-0.05, 0) is 72.6 Å². The zero-order valence-corrected chi connectivity index (χ0v) is 16.2. The number of anilines is 1. The van der Waals surface area contributed by atoms with Crippen LogP contribution in [0.2, 0.25) is 0 Å². The predicted molar refractivity (Wildman–Crippen MR) is 103 cm³/mol. The standard InChI is InChI=1S/C22H23F3N2O2/c1-26-20-9-16(23)6-4-15(20)11-27(12-22(26)29)21(28)7-5-13-2-3-14-8-18(24)19(25)10-17(13)14/h4,6,8-10,13,21,28H,2-3,5,7,11-12H2,1H3. The Hall–Kier alpha value is -2.38. The minimum Gasteiger partial charge on any atom is -0.378 e. The summed E-state index contributed by atoms with van der Waals surface area (Å²) >= 11 is 0. The van der Waals surface area contributed by atoms with Crippen LogP contribution in [-0.2, 0) is 17.8 Å². The number of fused-ring (bicyclic) bond motifs is 2. The van der Waals surface area contributed by atoms with Crippen molar-refractivity contribution in [3.63, 3.8) is 0 Å². The lowest BCUT2D eigenvalue weighted by atomic mass is 9.95. The normalized spacial score (nSPS) is 20.4. The monoisotopic (exact) mass is 404 g/mol.